The lowest BCUT2D eigenvalue weighted by atomic mass is 10.1. The predicted octanol–water partition coefficient (Wildman–Crippen LogP) is 1.75. The second kappa shape index (κ2) is 5.67. The molecule has 0 bridgehead atoms. The van der Waals surface area contributed by atoms with Gasteiger partial charge >= 0.3 is 6.09 Å². The molecule has 1 fully saturated rings. The van der Waals surface area contributed by atoms with Crippen molar-refractivity contribution in [3.05, 3.63) is 23.9 Å². The van der Waals surface area contributed by atoms with E-state index in [0.717, 1.165) is 25.9 Å². The molecule has 22 heavy (non-hydrogen) atoms. The lowest BCUT2D eigenvalue weighted by Gasteiger charge is -2.15. The maximum atomic E-state index is 12.1. The zero-order valence-electron chi connectivity index (χ0n) is 12.4. The highest BCUT2D eigenvalue weighted by Gasteiger charge is 2.22. The van der Waals surface area contributed by atoms with E-state index >= 15 is 0 Å². The van der Waals surface area contributed by atoms with E-state index in [9.17, 15) is 9.59 Å². The number of fused-ring (bicyclic) bond motifs is 1. The summed E-state index contributed by atoms with van der Waals surface area (Å²) in [6, 6.07) is 3.17. The van der Waals surface area contributed by atoms with Crippen molar-refractivity contribution in [3.63, 3.8) is 0 Å². The van der Waals surface area contributed by atoms with Gasteiger partial charge in [0.2, 0.25) is 0 Å². The lowest BCUT2D eigenvalue weighted by molar-refractivity contribution is 0.100. The first-order valence-corrected chi connectivity index (χ1v) is 7.37. The second-order valence-corrected chi connectivity index (χ2v) is 5.26. The fourth-order valence-electron chi connectivity index (χ4n) is 2.76. The fraction of sp³-hybridized carbons (Fsp3) is 0.400. The van der Waals surface area contributed by atoms with Crippen molar-refractivity contribution in [1.29, 1.82) is 0 Å². The third-order valence-corrected chi connectivity index (χ3v) is 3.89. The van der Waals surface area contributed by atoms with Gasteiger partial charge in [0, 0.05) is 19.6 Å². The van der Waals surface area contributed by atoms with E-state index in [1.165, 1.54) is 0 Å². The van der Waals surface area contributed by atoms with Crippen LogP contribution in [0.3, 0.4) is 0 Å². The van der Waals surface area contributed by atoms with Crippen molar-refractivity contribution in [3.8, 4) is 5.75 Å². The average Bonchev–Trinajstić information content (AvgIpc) is 3.16. The van der Waals surface area contributed by atoms with Crippen molar-refractivity contribution in [2.75, 3.05) is 13.1 Å². The van der Waals surface area contributed by atoms with Gasteiger partial charge in [0.1, 0.15) is 5.75 Å². The molecule has 0 unspecified atom stereocenters. The molecule has 2 N–H and O–H groups in total. The van der Waals surface area contributed by atoms with Crippen LogP contribution < -0.4 is 10.5 Å². The number of primary amides is 1. The topological polar surface area (TPSA) is 90.5 Å². The Balaban J connectivity index is 2.00. The number of carbonyl (C=O) groups excluding carboxylic acids is 2. The van der Waals surface area contributed by atoms with Crippen molar-refractivity contribution in [2.24, 2.45) is 5.73 Å². The highest BCUT2D eigenvalue weighted by molar-refractivity contribution is 6.06. The van der Waals surface area contributed by atoms with Crippen LogP contribution in [-0.2, 0) is 6.54 Å². The quantitative estimate of drug-likeness (QED) is 0.935. The number of carbonyl (C=O) groups is 2. The summed E-state index contributed by atoms with van der Waals surface area (Å²) < 4.78 is 7.15. The molecule has 1 aliphatic heterocycles. The van der Waals surface area contributed by atoms with Gasteiger partial charge in [-0.2, -0.15) is 5.10 Å². The number of benzene rings is 1. The van der Waals surface area contributed by atoms with Crippen molar-refractivity contribution < 1.29 is 14.3 Å². The van der Waals surface area contributed by atoms with Gasteiger partial charge in [-0.05, 0) is 31.9 Å². The molecule has 2 amide bonds. The van der Waals surface area contributed by atoms with E-state index in [1.807, 2.05) is 6.92 Å². The summed E-state index contributed by atoms with van der Waals surface area (Å²) in [5.41, 5.74) is 6.39. The Morgan fingerprint density at radius 3 is 2.68 bits per heavy atom. The van der Waals surface area contributed by atoms with Crippen LogP contribution in [0.25, 0.3) is 10.9 Å². The molecule has 7 heteroatoms. The summed E-state index contributed by atoms with van der Waals surface area (Å²) in [5.74, 6) is -0.130. The zero-order chi connectivity index (χ0) is 15.7. The van der Waals surface area contributed by atoms with Gasteiger partial charge in [-0.1, -0.05) is 0 Å². The number of hydrogen-bond acceptors (Lipinski definition) is 4. The van der Waals surface area contributed by atoms with Crippen LogP contribution >= 0.6 is 0 Å². The van der Waals surface area contributed by atoms with E-state index in [4.69, 9.17) is 10.5 Å². The molecule has 0 radical (unpaired) electrons. The van der Waals surface area contributed by atoms with Crippen LogP contribution in [0.5, 0.6) is 5.75 Å². The maximum absolute atomic E-state index is 12.1. The summed E-state index contributed by atoms with van der Waals surface area (Å²) >= 11 is 0. The second-order valence-electron chi connectivity index (χ2n) is 5.26. The van der Waals surface area contributed by atoms with Gasteiger partial charge in [-0.3, -0.25) is 9.48 Å². The Morgan fingerprint density at radius 1 is 1.32 bits per heavy atom. The molecule has 3 rings (SSSR count). The van der Waals surface area contributed by atoms with Crippen molar-refractivity contribution >= 4 is 22.9 Å². The minimum absolute atomic E-state index is 0.366. The Hall–Kier alpha value is -2.57. The number of ether oxygens (including phenoxy) is 1. The lowest BCUT2D eigenvalue weighted by Crippen LogP contribution is -2.30. The number of nitrogens with two attached hydrogens (primary N) is 1. The third-order valence-electron chi connectivity index (χ3n) is 3.89. The molecule has 0 atom stereocenters. The average molecular weight is 302 g/mol. The summed E-state index contributed by atoms with van der Waals surface area (Å²) in [6.45, 7) is 3.94. The molecule has 7 nitrogen and oxygen atoms in total. The summed E-state index contributed by atoms with van der Waals surface area (Å²) in [4.78, 5) is 25.4. The number of aryl methyl sites for hydroxylation is 1. The van der Waals surface area contributed by atoms with E-state index < -0.39 is 5.91 Å². The Bertz CT molecular complexity index is 732. The van der Waals surface area contributed by atoms with E-state index in [2.05, 4.69) is 5.10 Å². The normalized spacial score (nSPS) is 14.5. The monoisotopic (exact) mass is 302 g/mol. The molecule has 0 aliphatic carbocycles. The smallest absolute Gasteiger partial charge is 0.409 e. The molecule has 0 saturated carbocycles. The third kappa shape index (κ3) is 2.38. The molecular formula is C15H18N4O3. The van der Waals surface area contributed by atoms with Crippen LogP contribution in [0, 0.1) is 0 Å². The van der Waals surface area contributed by atoms with Crippen LogP contribution in [0.1, 0.15) is 30.1 Å². The maximum Gasteiger partial charge on any atom is 0.415 e. The first-order chi connectivity index (χ1) is 10.6. The van der Waals surface area contributed by atoms with Gasteiger partial charge < -0.3 is 15.4 Å². The summed E-state index contributed by atoms with van der Waals surface area (Å²) in [7, 11) is 0. The molecule has 1 aromatic heterocycles. The van der Waals surface area contributed by atoms with Crippen LogP contribution in [0.2, 0.25) is 0 Å². The molecule has 0 spiro atoms. The van der Waals surface area contributed by atoms with Gasteiger partial charge in [0.15, 0.2) is 0 Å². The van der Waals surface area contributed by atoms with E-state index in [0.29, 0.717) is 28.8 Å². The van der Waals surface area contributed by atoms with Crippen molar-refractivity contribution in [2.45, 2.75) is 26.3 Å². The first kappa shape index (κ1) is 14.4. The molecular weight excluding hydrogens is 284 g/mol. The number of rotatable bonds is 3. The van der Waals surface area contributed by atoms with Crippen molar-refractivity contribution in [1.82, 2.24) is 14.7 Å². The molecule has 1 aromatic carbocycles. The highest BCUT2D eigenvalue weighted by atomic mass is 16.6. The fourth-order valence-corrected chi connectivity index (χ4v) is 2.76. The van der Waals surface area contributed by atoms with E-state index in [-0.39, 0.29) is 6.09 Å². The minimum Gasteiger partial charge on any atom is -0.409 e. The van der Waals surface area contributed by atoms with Crippen LogP contribution in [-0.4, -0.2) is 39.8 Å². The summed E-state index contributed by atoms with van der Waals surface area (Å²) in [5, 5.41) is 4.84. The van der Waals surface area contributed by atoms with Gasteiger partial charge in [-0.15, -0.1) is 0 Å². The van der Waals surface area contributed by atoms with E-state index in [1.54, 1.807) is 27.9 Å². The first-order valence-electron chi connectivity index (χ1n) is 7.37. The largest absolute Gasteiger partial charge is 0.415 e. The Morgan fingerprint density at radius 2 is 2.05 bits per heavy atom. The SMILES string of the molecule is CCn1ncc2c(OC(=O)N3CCCC3)ccc(C(N)=O)c21. The molecule has 2 aromatic rings. The molecule has 1 saturated heterocycles. The number of hydrogen-bond donors (Lipinski definition) is 1. The summed E-state index contributed by atoms with van der Waals surface area (Å²) in [6.07, 6.45) is 3.23. The molecule has 116 valence electrons. The highest BCUT2D eigenvalue weighted by Crippen LogP contribution is 2.29. The predicted molar refractivity (Wildman–Crippen MR) is 80.8 cm³/mol. The molecule has 2 heterocycles. The Labute approximate surface area is 127 Å². The Kier molecular flexibility index (Phi) is 3.70. The minimum atomic E-state index is -0.530. The zero-order valence-corrected chi connectivity index (χ0v) is 12.4. The van der Waals surface area contributed by atoms with Gasteiger partial charge in [0.25, 0.3) is 5.91 Å². The number of amides is 2. The number of nitrogens with zero attached hydrogens (tertiary/aromatic N) is 3. The van der Waals surface area contributed by atoms with Gasteiger partial charge in [0.05, 0.1) is 22.7 Å². The van der Waals surface area contributed by atoms with Crippen LogP contribution in [0.15, 0.2) is 18.3 Å². The number of aromatic nitrogens is 2. The van der Waals surface area contributed by atoms with Crippen LogP contribution in [0.4, 0.5) is 4.79 Å². The molecule has 1 aliphatic rings. The number of likely N-dealkylation sites (tertiary alicyclic amines) is 1. The standard InChI is InChI=1S/C15H18N4O3/c1-2-19-13-10(14(16)20)5-6-12(11(13)9-17-19)22-15(21)18-7-3-4-8-18/h5-6,9H,2-4,7-8H2,1H3,(H2,16,20). The van der Waals surface area contributed by atoms with Gasteiger partial charge in [-0.25, -0.2) is 4.79 Å².